The standard InChI is InChI=1S/C23H27N3O5/c1-29-20-4-2-3-19(13-20)26-14-18(12-22(26)27)25-23(28)17-5-8-24-21(11-17)31-15-16-6-9-30-10-7-16/h2-5,8,11,13,16,18H,6-7,9-10,12,14-15H2,1H3,(H,25,28). The van der Waals surface area contributed by atoms with E-state index in [1.807, 2.05) is 24.3 Å². The van der Waals surface area contributed by atoms with E-state index in [0.29, 0.717) is 36.3 Å². The first-order valence-corrected chi connectivity index (χ1v) is 10.5. The number of carbonyl (C=O) groups excluding carboxylic acids is 2. The predicted octanol–water partition coefficient (Wildman–Crippen LogP) is 2.43. The number of ether oxygens (including phenoxy) is 3. The van der Waals surface area contributed by atoms with Crippen molar-refractivity contribution in [3.63, 3.8) is 0 Å². The van der Waals surface area contributed by atoms with Crippen molar-refractivity contribution in [1.29, 1.82) is 0 Å². The van der Waals surface area contributed by atoms with Crippen LogP contribution in [0.3, 0.4) is 0 Å². The van der Waals surface area contributed by atoms with Crippen LogP contribution in [0.4, 0.5) is 5.69 Å². The van der Waals surface area contributed by atoms with Gasteiger partial charge >= 0.3 is 0 Å². The lowest BCUT2D eigenvalue weighted by atomic mass is 10.0. The predicted molar refractivity (Wildman–Crippen MR) is 114 cm³/mol. The van der Waals surface area contributed by atoms with Gasteiger partial charge in [0.15, 0.2) is 0 Å². The molecule has 1 aromatic carbocycles. The first kappa shape index (κ1) is 21.1. The van der Waals surface area contributed by atoms with Gasteiger partial charge in [0.1, 0.15) is 5.75 Å². The molecule has 3 heterocycles. The van der Waals surface area contributed by atoms with Crippen LogP contribution in [-0.4, -0.2) is 56.3 Å². The van der Waals surface area contributed by atoms with Gasteiger partial charge in [-0.15, -0.1) is 0 Å². The second kappa shape index (κ2) is 9.78. The Morgan fingerprint density at radius 3 is 2.90 bits per heavy atom. The summed E-state index contributed by atoms with van der Waals surface area (Å²) in [5.41, 5.74) is 1.22. The van der Waals surface area contributed by atoms with Gasteiger partial charge in [-0.05, 0) is 37.0 Å². The zero-order valence-electron chi connectivity index (χ0n) is 17.6. The van der Waals surface area contributed by atoms with E-state index in [4.69, 9.17) is 14.2 Å². The summed E-state index contributed by atoms with van der Waals surface area (Å²) in [5.74, 6) is 1.28. The van der Waals surface area contributed by atoms with Crippen molar-refractivity contribution in [2.75, 3.05) is 38.4 Å². The van der Waals surface area contributed by atoms with Crippen LogP contribution in [0.15, 0.2) is 42.6 Å². The van der Waals surface area contributed by atoms with Gasteiger partial charge in [0.2, 0.25) is 11.8 Å². The van der Waals surface area contributed by atoms with E-state index in [1.165, 1.54) is 0 Å². The molecule has 0 spiro atoms. The Balaban J connectivity index is 1.34. The summed E-state index contributed by atoms with van der Waals surface area (Å²) >= 11 is 0. The number of rotatable bonds is 7. The van der Waals surface area contributed by atoms with E-state index in [0.717, 1.165) is 31.7 Å². The SMILES string of the molecule is COc1cccc(N2CC(NC(=O)c3ccnc(OCC4CCOCC4)c3)CC2=O)c1. The zero-order valence-corrected chi connectivity index (χ0v) is 17.6. The highest BCUT2D eigenvalue weighted by Crippen LogP contribution is 2.25. The van der Waals surface area contributed by atoms with Gasteiger partial charge in [-0.3, -0.25) is 9.59 Å². The minimum absolute atomic E-state index is 0.0336. The average Bonchev–Trinajstić information content (AvgIpc) is 3.18. The second-order valence-corrected chi connectivity index (χ2v) is 7.83. The fraction of sp³-hybridized carbons (Fsp3) is 0.435. The summed E-state index contributed by atoms with van der Waals surface area (Å²) in [6.07, 6.45) is 3.76. The minimum Gasteiger partial charge on any atom is -0.497 e. The average molecular weight is 425 g/mol. The van der Waals surface area contributed by atoms with E-state index >= 15 is 0 Å². The Labute approximate surface area is 181 Å². The summed E-state index contributed by atoms with van der Waals surface area (Å²) < 4.78 is 16.4. The molecule has 2 amide bonds. The Bertz CT molecular complexity index is 929. The Kier molecular flexibility index (Phi) is 6.66. The molecule has 8 nitrogen and oxygen atoms in total. The molecule has 8 heteroatoms. The minimum atomic E-state index is -0.272. The van der Waals surface area contributed by atoms with Gasteiger partial charge in [-0.1, -0.05) is 6.07 Å². The normalized spacial score (nSPS) is 19.3. The highest BCUT2D eigenvalue weighted by molar-refractivity contribution is 5.99. The zero-order chi connectivity index (χ0) is 21.6. The number of pyridine rings is 1. The van der Waals surface area contributed by atoms with Crippen molar-refractivity contribution in [2.24, 2.45) is 5.92 Å². The number of methoxy groups -OCH3 is 1. The largest absolute Gasteiger partial charge is 0.497 e. The smallest absolute Gasteiger partial charge is 0.251 e. The summed E-state index contributed by atoms with van der Waals surface area (Å²) in [5, 5.41) is 2.95. The van der Waals surface area contributed by atoms with Gasteiger partial charge < -0.3 is 24.4 Å². The molecule has 2 saturated heterocycles. The molecule has 1 unspecified atom stereocenters. The van der Waals surface area contributed by atoms with E-state index in [2.05, 4.69) is 10.3 Å². The Hall–Kier alpha value is -3.13. The third-order valence-corrected chi connectivity index (χ3v) is 5.63. The number of aromatic nitrogens is 1. The molecule has 1 aromatic heterocycles. The number of hydrogen-bond donors (Lipinski definition) is 1. The van der Waals surface area contributed by atoms with Crippen molar-refractivity contribution in [3.05, 3.63) is 48.2 Å². The first-order chi connectivity index (χ1) is 15.1. The lowest BCUT2D eigenvalue weighted by Gasteiger charge is -2.21. The molecule has 0 saturated carbocycles. The highest BCUT2D eigenvalue weighted by atomic mass is 16.5. The van der Waals surface area contributed by atoms with E-state index < -0.39 is 0 Å². The van der Waals surface area contributed by atoms with E-state index in [9.17, 15) is 9.59 Å². The lowest BCUT2D eigenvalue weighted by molar-refractivity contribution is -0.117. The molecule has 2 aliphatic rings. The summed E-state index contributed by atoms with van der Waals surface area (Å²) in [7, 11) is 1.59. The second-order valence-electron chi connectivity index (χ2n) is 7.83. The van der Waals surface area contributed by atoms with Crippen LogP contribution in [0, 0.1) is 5.92 Å². The molecule has 2 aromatic rings. The molecule has 31 heavy (non-hydrogen) atoms. The molecular formula is C23H27N3O5. The number of amides is 2. The van der Waals surface area contributed by atoms with Crippen LogP contribution in [0.2, 0.25) is 0 Å². The van der Waals surface area contributed by atoms with Crippen LogP contribution >= 0.6 is 0 Å². The molecule has 1 atom stereocenters. The van der Waals surface area contributed by atoms with Crippen molar-refractivity contribution in [2.45, 2.75) is 25.3 Å². The lowest BCUT2D eigenvalue weighted by Crippen LogP contribution is -2.37. The maximum absolute atomic E-state index is 12.7. The maximum Gasteiger partial charge on any atom is 0.251 e. The highest BCUT2D eigenvalue weighted by Gasteiger charge is 2.32. The quantitative estimate of drug-likeness (QED) is 0.733. The van der Waals surface area contributed by atoms with E-state index in [1.54, 1.807) is 30.3 Å². The van der Waals surface area contributed by atoms with Crippen LogP contribution in [0.1, 0.15) is 29.6 Å². The summed E-state index contributed by atoms with van der Waals surface area (Å²) in [4.78, 5) is 31.1. The molecular weight excluding hydrogens is 398 g/mol. The topological polar surface area (TPSA) is 90.0 Å². The summed E-state index contributed by atoms with van der Waals surface area (Å²) in [6, 6.07) is 10.4. The van der Waals surface area contributed by atoms with Crippen LogP contribution < -0.4 is 19.7 Å². The first-order valence-electron chi connectivity index (χ1n) is 10.5. The third-order valence-electron chi connectivity index (χ3n) is 5.63. The number of hydrogen-bond acceptors (Lipinski definition) is 6. The molecule has 0 bridgehead atoms. The van der Waals surface area contributed by atoms with Crippen molar-refractivity contribution in [3.8, 4) is 11.6 Å². The van der Waals surface area contributed by atoms with E-state index in [-0.39, 0.29) is 24.3 Å². The monoisotopic (exact) mass is 425 g/mol. The molecule has 0 radical (unpaired) electrons. The van der Waals surface area contributed by atoms with Gasteiger partial charge in [0, 0.05) is 55.8 Å². The molecule has 2 aliphatic heterocycles. The number of nitrogens with one attached hydrogen (secondary N) is 1. The fourth-order valence-electron chi connectivity index (χ4n) is 3.85. The molecule has 0 aliphatic carbocycles. The third kappa shape index (κ3) is 5.32. The van der Waals surface area contributed by atoms with Crippen molar-refractivity contribution < 1.29 is 23.8 Å². The molecule has 2 fully saturated rings. The number of nitrogens with zero attached hydrogens (tertiary/aromatic N) is 2. The van der Waals surface area contributed by atoms with Gasteiger partial charge in [-0.2, -0.15) is 0 Å². The molecule has 4 rings (SSSR count). The van der Waals surface area contributed by atoms with Crippen molar-refractivity contribution in [1.82, 2.24) is 10.3 Å². The van der Waals surface area contributed by atoms with Crippen molar-refractivity contribution >= 4 is 17.5 Å². The van der Waals surface area contributed by atoms with Crippen LogP contribution in [-0.2, 0) is 9.53 Å². The van der Waals surface area contributed by atoms with Gasteiger partial charge in [0.25, 0.3) is 5.91 Å². The number of benzene rings is 1. The maximum atomic E-state index is 12.7. The molecule has 1 N–H and O–H groups in total. The van der Waals surface area contributed by atoms with Crippen LogP contribution in [0.5, 0.6) is 11.6 Å². The fourth-order valence-corrected chi connectivity index (χ4v) is 3.85. The van der Waals surface area contributed by atoms with Crippen LogP contribution in [0.25, 0.3) is 0 Å². The molecule has 164 valence electrons. The van der Waals surface area contributed by atoms with Gasteiger partial charge in [-0.25, -0.2) is 4.98 Å². The van der Waals surface area contributed by atoms with Gasteiger partial charge in [0.05, 0.1) is 19.8 Å². The Morgan fingerprint density at radius 2 is 2.10 bits per heavy atom. The number of anilines is 1. The number of carbonyl (C=O) groups is 2. The summed E-state index contributed by atoms with van der Waals surface area (Å²) in [6.45, 7) is 2.50. The Morgan fingerprint density at radius 1 is 1.26 bits per heavy atom.